The third-order valence-corrected chi connectivity index (χ3v) is 5.00. The molecule has 16 heavy (non-hydrogen) atoms. The predicted octanol–water partition coefficient (Wildman–Crippen LogP) is 1.20. The molecule has 0 amide bonds. The van der Waals surface area contributed by atoms with Gasteiger partial charge in [-0.2, -0.15) is 0 Å². The maximum absolute atomic E-state index is 12.0. The molecule has 0 atom stereocenters. The van der Waals surface area contributed by atoms with Gasteiger partial charge in [-0.3, -0.25) is 4.79 Å². The number of hydrogen-bond donors (Lipinski definition) is 0. The second kappa shape index (κ2) is 4.84. The number of rotatable bonds is 3. The highest BCUT2D eigenvalue weighted by atomic mass is 32.2. The molecule has 0 bridgehead atoms. The lowest BCUT2D eigenvalue weighted by atomic mass is 9.92. The normalized spacial score (nSPS) is 19.7. The lowest BCUT2D eigenvalue weighted by molar-refractivity contribution is -0.123. The van der Waals surface area contributed by atoms with Gasteiger partial charge in [-0.25, -0.2) is 8.42 Å². The summed E-state index contributed by atoms with van der Waals surface area (Å²) in [4.78, 5) is 11.7. The lowest BCUT2D eigenvalue weighted by Crippen LogP contribution is -2.36. The Hall–Kier alpha value is -0.420. The zero-order valence-electron chi connectivity index (χ0n) is 10.2. The van der Waals surface area contributed by atoms with Crippen LogP contribution in [0, 0.1) is 5.41 Å². The number of carbonyl (C=O) groups excluding carboxylic acids is 1. The second-order valence-electron chi connectivity index (χ2n) is 5.29. The molecule has 0 saturated carbocycles. The van der Waals surface area contributed by atoms with Crippen molar-refractivity contribution in [2.24, 2.45) is 5.41 Å². The number of hydrogen-bond acceptors (Lipinski definition) is 4. The van der Waals surface area contributed by atoms with E-state index < -0.39 is 20.5 Å². The summed E-state index contributed by atoms with van der Waals surface area (Å²) in [7, 11) is -3.30. The first-order valence-corrected chi connectivity index (χ1v) is 7.27. The zero-order chi connectivity index (χ0) is 12.4. The molecule has 1 aliphatic heterocycles. The van der Waals surface area contributed by atoms with E-state index in [0.717, 1.165) is 0 Å². The van der Waals surface area contributed by atoms with E-state index in [1.807, 2.05) is 0 Å². The van der Waals surface area contributed by atoms with Crippen LogP contribution >= 0.6 is 0 Å². The van der Waals surface area contributed by atoms with E-state index in [0.29, 0.717) is 26.1 Å². The Morgan fingerprint density at radius 1 is 1.25 bits per heavy atom. The highest BCUT2D eigenvalue weighted by Crippen LogP contribution is 2.21. The highest BCUT2D eigenvalue weighted by molar-refractivity contribution is 7.92. The fourth-order valence-corrected chi connectivity index (χ4v) is 3.50. The summed E-state index contributed by atoms with van der Waals surface area (Å²) in [6.07, 6.45) is 1.03. The Kier molecular flexibility index (Phi) is 4.12. The van der Waals surface area contributed by atoms with Crippen LogP contribution < -0.4 is 0 Å². The molecule has 0 aliphatic carbocycles. The second-order valence-corrected chi connectivity index (χ2v) is 7.57. The molecule has 1 aliphatic rings. The first kappa shape index (κ1) is 13.6. The van der Waals surface area contributed by atoms with E-state index in [-0.39, 0.29) is 11.5 Å². The monoisotopic (exact) mass is 248 g/mol. The molecule has 0 aromatic carbocycles. The van der Waals surface area contributed by atoms with E-state index in [9.17, 15) is 13.2 Å². The van der Waals surface area contributed by atoms with E-state index in [1.54, 1.807) is 20.8 Å². The summed E-state index contributed by atoms with van der Waals surface area (Å²) in [5.41, 5.74) is -0.585. The number of sulfone groups is 1. The average Bonchev–Trinajstić information content (AvgIpc) is 2.17. The minimum absolute atomic E-state index is 0.209. The Morgan fingerprint density at radius 3 is 2.19 bits per heavy atom. The van der Waals surface area contributed by atoms with E-state index in [2.05, 4.69) is 0 Å². The molecule has 0 spiro atoms. The van der Waals surface area contributed by atoms with Gasteiger partial charge in [-0.1, -0.05) is 20.8 Å². The van der Waals surface area contributed by atoms with Gasteiger partial charge in [-0.05, 0) is 12.8 Å². The van der Waals surface area contributed by atoms with Gasteiger partial charge in [0.1, 0.15) is 5.75 Å². The van der Waals surface area contributed by atoms with Crippen molar-refractivity contribution in [1.29, 1.82) is 0 Å². The molecule has 94 valence electrons. The third-order valence-electron chi connectivity index (χ3n) is 2.84. The van der Waals surface area contributed by atoms with Crippen LogP contribution in [0.15, 0.2) is 0 Å². The summed E-state index contributed by atoms with van der Waals surface area (Å²) in [5.74, 6) is -0.541. The van der Waals surface area contributed by atoms with Crippen LogP contribution in [0.25, 0.3) is 0 Å². The molecule has 1 rings (SSSR count). The number of ether oxygens (including phenoxy) is 1. The van der Waals surface area contributed by atoms with Crippen LogP contribution in [0.3, 0.4) is 0 Å². The number of ketones is 1. The van der Waals surface area contributed by atoms with Gasteiger partial charge in [0.05, 0.1) is 5.25 Å². The number of Topliss-reactive ketones (excluding diaryl/α,β-unsaturated/α-hetero) is 1. The molecule has 0 aromatic heterocycles. The number of carbonyl (C=O) groups is 1. The van der Waals surface area contributed by atoms with Crippen molar-refractivity contribution < 1.29 is 17.9 Å². The largest absolute Gasteiger partial charge is 0.381 e. The zero-order valence-corrected chi connectivity index (χ0v) is 11.0. The van der Waals surface area contributed by atoms with Crippen LogP contribution in [0.2, 0.25) is 0 Å². The van der Waals surface area contributed by atoms with Crippen molar-refractivity contribution >= 4 is 15.6 Å². The minimum Gasteiger partial charge on any atom is -0.381 e. The minimum atomic E-state index is -3.30. The highest BCUT2D eigenvalue weighted by Gasteiger charge is 2.33. The van der Waals surface area contributed by atoms with Crippen LogP contribution in [-0.2, 0) is 19.4 Å². The molecule has 5 heteroatoms. The molecule has 1 saturated heterocycles. The Labute approximate surface area is 97.3 Å². The van der Waals surface area contributed by atoms with Crippen molar-refractivity contribution in [3.8, 4) is 0 Å². The summed E-state index contributed by atoms with van der Waals surface area (Å²) < 4.78 is 29.1. The van der Waals surface area contributed by atoms with E-state index in [4.69, 9.17) is 4.74 Å². The summed E-state index contributed by atoms with van der Waals surface area (Å²) in [6, 6.07) is 0. The fraction of sp³-hybridized carbons (Fsp3) is 0.909. The summed E-state index contributed by atoms with van der Waals surface area (Å²) >= 11 is 0. The van der Waals surface area contributed by atoms with Crippen LogP contribution in [0.5, 0.6) is 0 Å². The smallest absolute Gasteiger partial charge is 0.160 e. The molecule has 4 nitrogen and oxygen atoms in total. The summed E-state index contributed by atoms with van der Waals surface area (Å²) in [5, 5.41) is -0.396. The maximum Gasteiger partial charge on any atom is 0.160 e. The Morgan fingerprint density at radius 2 is 1.75 bits per heavy atom. The van der Waals surface area contributed by atoms with Crippen LogP contribution in [-0.4, -0.2) is 38.4 Å². The van der Waals surface area contributed by atoms with Crippen molar-refractivity contribution in [1.82, 2.24) is 0 Å². The van der Waals surface area contributed by atoms with E-state index >= 15 is 0 Å². The molecule has 0 aromatic rings. The molecule has 1 heterocycles. The first-order chi connectivity index (χ1) is 7.23. The molecule has 0 N–H and O–H groups in total. The quantitative estimate of drug-likeness (QED) is 0.753. The molecule has 1 fully saturated rings. The van der Waals surface area contributed by atoms with Gasteiger partial charge in [0.25, 0.3) is 0 Å². The van der Waals surface area contributed by atoms with Gasteiger partial charge >= 0.3 is 0 Å². The molecule has 0 unspecified atom stereocenters. The van der Waals surface area contributed by atoms with Gasteiger partial charge in [-0.15, -0.1) is 0 Å². The Bertz CT molecular complexity index is 345. The Balaban J connectivity index is 2.68. The topological polar surface area (TPSA) is 60.4 Å². The SMILES string of the molecule is CC(C)(C)C(=O)CS(=O)(=O)C1CCOCC1. The first-order valence-electron chi connectivity index (χ1n) is 5.56. The predicted molar refractivity (Wildman–Crippen MR) is 62.1 cm³/mol. The van der Waals surface area contributed by atoms with Gasteiger partial charge in [0.2, 0.25) is 0 Å². The average molecular weight is 248 g/mol. The van der Waals surface area contributed by atoms with Crippen LogP contribution in [0.4, 0.5) is 0 Å². The van der Waals surface area contributed by atoms with Gasteiger partial charge < -0.3 is 4.74 Å². The van der Waals surface area contributed by atoms with Crippen LogP contribution in [0.1, 0.15) is 33.6 Å². The van der Waals surface area contributed by atoms with Crippen molar-refractivity contribution in [3.05, 3.63) is 0 Å². The maximum atomic E-state index is 12.0. The van der Waals surface area contributed by atoms with Gasteiger partial charge in [0, 0.05) is 18.6 Å². The lowest BCUT2D eigenvalue weighted by Gasteiger charge is -2.23. The van der Waals surface area contributed by atoms with Gasteiger partial charge in [0.15, 0.2) is 15.6 Å². The van der Waals surface area contributed by atoms with Crippen molar-refractivity contribution in [3.63, 3.8) is 0 Å². The molecule has 0 radical (unpaired) electrons. The summed E-state index contributed by atoms with van der Waals surface area (Å²) in [6.45, 7) is 6.19. The molecular weight excluding hydrogens is 228 g/mol. The van der Waals surface area contributed by atoms with Crippen molar-refractivity contribution in [2.75, 3.05) is 19.0 Å². The fourth-order valence-electron chi connectivity index (χ4n) is 1.55. The molecular formula is C11H20O4S. The third kappa shape index (κ3) is 3.56. The standard InChI is InChI=1S/C11H20O4S/c1-11(2,3)10(12)8-16(13,14)9-4-6-15-7-5-9/h9H,4-8H2,1-3H3. The van der Waals surface area contributed by atoms with Crippen molar-refractivity contribution in [2.45, 2.75) is 38.9 Å². The van der Waals surface area contributed by atoms with E-state index in [1.165, 1.54) is 0 Å².